The third-order valence-electron chi connectivity index (χ3n) is 2.33. The quantitative estimate of drug-likeness (QED) is 0.685. The number of aliphatic hydroxyl groups is 1. The van der Waals surface area contributed by atoms with E-state index in [2.05, 4.69) is 10.3 Å². The van der Waals surface area contributed by atoms with Crippen molar-refractivity contribution in [2.45, 2.75) is 19.0 Å². The summed E-state index contributed by atoms with van der Waals surface area (Å²) in [6.45, 7) is 0.273. The topological polar surface area (TPSA) is 88.2 Å². The van der Waals surface area contributed by atoms with Crippen molar-refractivity contribution < 1.29 is 23.1 Å². The summed E-state index contributed by atoms with van der Waals surface area (Å²) in [5.74, 6) is -1.05. The van der Waals surface area contributed by atoms with Crippen LogP contribution in [0.4, 0.5) is 19.0 Å². The Morgan fingerprint density at radius 1 is 1.37 bits per heavy atom. The summed E-state index contributed by atoms with van der Waals surface area (Å²) in [5.41, 5.74) is 3.87. The maximum atomic E-state index is 12.5. The summed E-state index contributed by atoms with van der Waals surface area (Å²) in [4.78, 5) is 14.5. The molecule has 1 amide bonds. The molecule has 0 radical (unpaired) electrons. The molecule has 0 bridgehead atoms. The summed E-state index contributed by atoms with van der Waals surface area (Å²) >= 11 is 0. The Morgan fingerprint density at radius 2 is 2.05 bits per heavy atom. The smallest absolute Gasteiger partial charge is 0.396 e. The average Bonchev–Trinajstić information content (AvgIpc) is 2.33. The van der Waals surface area contributed by atoms with E-state index in [1.54, 1.807) is 0 Å². The van der Waals surface area contributed by atoms with E-state index in [4.69, 9.17) is 10.8 Å². The van der Waals surface area contributed by atoms with Crippen LogP contribution in [0.5, 0.6) is 0 Å². The Hall–Kier alpha value is -1.83. The first-order valence-electron chi connectivity index (χ1n) is 5.59. The number of alkyl halides is 3. The van der Waals surface area contributed by atoms with Crippen LogP contribution in [0.15, 0.2) is 12.1 Å². The zero-order chi connectivity index (χ0) is 14.5. The SMILES string of the molecule is NC(=O)c1ccc(C(F)(F)F)nc1NCCCCO. The van der Waals surface area contributed by atoms with Gasteiger partial charge in [-0.2, -0.15) is 13.2 Å². The summed E-state index contributed by atoms with van der Waals surface area (Å²) in [6, 6.07) is 1.70. The van der Waals surface area contributed by atoms with Gasteiger partial charge in [-0.15, -0.1) is 0 Å². The summed E-state index contributed by atoms with van der Waals surface area (Å²) in [7, 11) is 0. The standard InChI is InChI=1S/C11H14F3N3O2/c12-11(13,14)8-4-3-7(9(15)19)10(17-8)16-5-1-2-6-18/h3-4,18H,1-2,5-6H2,(H2,15,19)(H,16,17). The number of pyridine rings is 1. The number of halogens is 3. The van der Waals surface area contributed by atoms with Gasteiger partial charge in [-0.05, 0) is 25.0 Å². The Kier molecular flexibility index (Phi) is 5.11. The first-order valence-corrected chi connectivity index (χ1v) is 5.59. The van der Waals surface area contributed by atoms with E-state index in [0.29, 0.717) is 18.9 Å². The van der Waals surface area contributed by atoms with Crippen molar-refractivity contribution in [3.05, 3.63) is 23.4 Å². The first-order chi connectivity index (χ1) is 8.86. The second-order valence-electron chi connectivity index (χ2n) is 3.81. The summed E-state index contributed by atoms with van der Waals surface area (Å²) < 4.78 is 37.5. The predicted molar refractivity (Wildman–Crippen MR) is 62.6 cm³/mol. The largest absolute Gasteiger partial charge is 0.433 e. The van der Waals surface area contributed by atoms with Gasteiger partial charge >= 0.3 is 6.18 Å². The number of carbonyl (C=O) groups is 1. The second-order valence-corrected chi connectivity index (χ2v) is 3.81. The van der Waals surface area contributed by atoms with E-state index in [0.717, 1.165) is 6.07 Å². The lowest BCUT2D eigenvalue weighted by atomic mass is 10.2. The highest BCUT2D eigenvalue weighted by molar-refractivity contribution is 5.97. The van der Waals surface area contributed by atoms with Crippen molar-refractivity contribution in [2.24, 2.45) is 5.73 Å². The van der Waals surface area contributed by atoms with Gasteiger partial charge in [-0.25, -0.2) is 4.98 Å². The summed E-state index contributed by atoms with van der Waals surface area (Å²) in [5, 5.41) is 11.2. The van der Waals surface area contributed by atoms with Crippen LogP contribution in [0.1, 0.15) is 28.9 Å². The molecule has 5 nitrogen and oxygen atoms in total. The number of aliphatic hydroxyl groups excluding tert-OH is 1. The van der Waals surface area contributed by atoms with Crippen LogP contribution in [-0.4, -0.2) is 29.1 Å². The van der Waals surface area contributed by atoms with Gasteiger partial charge in [0.05, 0.1) is 5.56 Å². The van der Waals surface area contributed by atoms with Crippen molar-refractivity contribution in [3.63, 3.8) is 0 Å². The van der Waals surface area contributed by atoms with Crippen LogP contribution in [0.2, 0.25) is 0 Å². The van der Waals surface area contributed by atoms with E-state index < -0.39 is 17.8 Å². The van der Waals surface area contributed by atoms with Crippen molar-refractivity contribution in [3.8, 4) is 0 Å². The van der Waals surface area contributed by atoms with E-state index in [9.17, 15) is 18.0 Å². The van der Waals surface area contributed by atoms with Gasteiger partial charge in [0.2, 0.25) is 0 Å². The minimum absolute atomic E-state index is 0.0135. The predicted octanol–water partition coefficient (Wildman–Crippen LogP) is 1.38. The number of carbonyl (C=O) groups excluding carboxylic acids is 1. The maximum absolute atomic E-state index is 12.5. The highest BCUT2D eigenvalue weighted by Gasteiger charge is 2.33. The van der Waals surface area contributed by atoms with Crippen molar-refractivity contribution in [1.29, 1.82) is 0 Å². The molecule has 0 aliphatic heterocycles. The van der Waals surface area contributed by atoms with Crippen molar-refractivity contribution in [1.82, 2.24) is 4.98 Å². The number of aromatic nitrogens is 1. The fourth-order valence-electron chi connectivity index (χ4n) is 1.39. The number of nitrogens with two attached hydrogens (primary N) is 1. The number of primary amides is 1. The van der Waals surface area contributed by atoms with Gasteiger partial charge in [0.1, 0.15) is 11.5 Å². The third-order valence-corrected chi connectivity index (χ3v) is 2.33. The molecular formula is C11H14F3N3O2. The highest BCUT2D eigenvalue weighted by atomic mass is 19.4. The Morgan fingerprint density at radius 3 is 2.58 bits per heavy atom. The first kappa shape index (κ1) is 15.2. The number of anilines is 1. The minimum Gasteiger partial charge on any atom is -0.396 e. The molecule has 0 atom stereocenters. The van der Waals surface area contributed by atoms with Crippen LogP contribution < -0.4 is 11.1 Å². The molecule has 0 fully saturated rings. The lowest BCUT2D eigenvalue weighted by Crippen LogP contribution is -2.18. The third kappa shape index (κ3) is 4.40. The van der Waals surface area contributed by atoms with Gasteiger partial charge in [-0.3, -0.25) is 4.79 Å². The fraction of sp³-hybridized carbons (Fsp3) is 0.455. The second kappa shape index (κ2) is 6.37. The van der Waals surface area contributed by atoms with Gasteiger partial charge < -0.3 is 16.2 Å². The Labute approximate surface area is 107 Å². The number of unbranched alkanes of at least 4 members (excludes halogenated alkanes) is 1. The molecule has 0 aromatic carbocycles. The molecule has 1 aromatic rings. The Bertz CT molecular complexity index is 449. The van der Waals surface area contributed by atoms with Gasteiger partial charge in [0.25, 0.3) is 5.91 Å². The molecule has 1 heterocycles. The molecule has 0 saturated heterocycles. The fourth-order valence-corrected chi connectivity index (χ4v) is 1.39. The molecule has 1 aromatic heterocycles. The number of nitrogens with one attached hydrogen (secondary N) is 1. The molecule has 0 aliphatic carbocycles. The van der Waals surface area contributed by atoms with E-state index >= 15 is 0 Å². The Balaban J connectivity index is 2.93. The van der Waals surface area contributed by atoms with Gasteiger partial charge in [0, 0.05) is 13.2 Å². The molecule has 1 rings (SSSR count). The van der Waals surface area contributed by atoms with Crippen LogP contribution in [0.3, 0.4) is 0 Å². The normalized spacial score (nSPS) is 11.4. The van der Waals surface area contributed by atoms with E-state index in [1.807, 2.05) is 0 Å². The monoisotopic (exact) mass is 277 g/mol. The van der Waals surface area contributed by atoms with Crippen LogP contribution in [-0.2, 0) is 6.18 Å². The van der Waals surface area contributed by atoms with E-state index in [-0.39, 0.29) is 24.5 Å². The molecule has 8 heteroatoms. The number of amides is 1. The number of hydrogen-bond acceptors (Lipinski definition) is 4. The average molecular weight is 277 g/mol. The molecule has 0 saturated carbocycles. The lowest BCUT2D eigenvalue weighted by Gasteiger charge is -2.12. The zero-order valence-corrected chi connectivity index (χ0v) is 10.00. The maximum Gasteiger partial charge on any atom is 0.433 e. The molecule has 0 aliphatic rings. The van der Waals surface area contributed by atoms with Crippen molar-refractivity contribution in [2.75, 3.05) is 18.5 Å². The van der Waals surface area contributed by atoms with Crippen molar-refractivity contribution >= 4 is 11.7 Å². The zero-order valence-electron chi connectivity index (χ0n) is 10.00. The minimum atomic E-state index is -4.59. The molecule has 106 valence electrons. The van der Waals surface area contributed by atoms with E-state index in [1.165, 1.54) is 0 Å². The van der Waals surface area contributed by atoms with Gasteiger partial charge in [-0.1, -0.05) is 0 Å². The lowest BCUT2D eigenvalue weighted by molar-refractivity contribution is -0.141. The molecule has 0 spiro atoms. The molecule has 0 unspecified atom stereocenters. The number of hydrogen-bond donors (Lipinski definition) is 3. The van der Waals surface area contributed by atoms with Crippen LogP contribution in [0.25, 0.3) is 0 Å². The highest BCUT2D eigenvalue weighted by Crippen LogP contribution is 2.29. The number of nitrogens with zero attached hydrogens (tertiary/aromatic N) is 1. The molecule has 19 heavy (non-hydrogen) atoms. The molecule has 4 N–H and O–H groups in total. The molecular weight excluding hydrogens is 263 g/mol. The van der Waals surface area contributed by atoms with Gasteiger partial charge in [0.15, 0.2) is 0 Å². The van der Waals surface area contributed by atoms with Crippen LogP contribution in [0, 0.1) is 0 Å². The number of rotatable bonds is 6. The summed E-state index contributed by atoms with van der Waals surface area (Å²) in [6.07, 6.45) is -3.55. The van der Waals surface area contributed by atoms with Crippen LogP contribution >= 0.6 is 0 Å².